The van der Waals surface area contributed by atoms with Gasteiger partial charge in [-0.3, -0.25) is 0 Å². The van der Waals surface area contributed by atoms with Crippen LogP contribution in [0.1, 0.15) is 11.6 Å². The largest absolute Gasteiger partial charge is 0.492 e. The van der Waals surface area contributed by atoms with Crippen molar-refractivity contribution in [2.24, 2.45) is 0 Å². The van der Waals surface area contributed by atoms with E-state index in [1.54, 1.807) is 6.08 Å². The van der Waals surface area contributed by atoms with E-state index in [1.165, 1.54) is 5.56 Å². The minimum absolute atomic E-state index is 0.183. The normalized spacial score (nSPS) is 11.8. The summed E-state index contributed by atoms with van der Waals surface area (Å²) in [6.07, 6.45) is 1.61. The van der Waals surface area contributed by atoms with Gasteiger partial charge in [-0.25, -0.2) is 0 Å². The Morgan fingerprint density at radius 3 is 2.67 bits per heavy atom. The first-order valence-electron chi connectivity index (χ1n) is 4.94. The van der Waals surface area contributed by atoms with Crippen LogP contribution in [0.4, 0.5) is 0 Å². The maximum absolute atomic E-state index is 5.42. The van der Waals surface area contributed by atoms with E-state index in [4.69, 9.17) is 4.74 Å². The molecule has 0 saturated heterocycles. The highest BCUT2D eigenvalue weighted by atomic mass is 16.5. The van der Waals surface area contributed by atoms with E-state index < -0.39 is 0 Å². The van der Waals surface area contributed by atoms with Crippen molar-refractivity contribution in [3.63, 3.8) is 0 Å². The summed E-state index contributed by atoms with van der Waals surface area (Å²) < 4.78 is 5.42. The Hall–Kier alpha value is -1.54. The number of hydrogen-bond acceptors (Lipinski definition) is 2. The lowest BCUT2D eigenvalue weighted by Gasteiger charge is -2.17. The molecule has 0 heterocycles. The van der Waals surface area contributed by atoms with Crippen molar-refractivity contribution in [3.8, 4) is 0 Å². The molecule has 2 heteroatoms. The Morgan fingerprint density at radius 1 is 1.47 bits per heavy atom. The standard InChI is InChI=1S/C13H17NO/c1-4-11(2)15-10-13(14-3)12-8-6-5-7-9-12/h4-9,13-14H,1-2,10H2,3H3/t13-/m1/s1. The molecule has 0 spiro atoms. The number of benzene rings is 1. The van der Waals surface area contributed by atoms with E-state index in [-0.39, 0.29) is 6.04 Å². The fraction of sp³-hybridized carbons (Fsp3) is 0.231. The number of nitrogens with one attached hydrogen (secondary N) is 1. The first-order chi connectivity index (χ1) is 7.27. The van der Waals surface area contributed by atoms with Crippen LogP contribution in [-0.4, -0.2) is 13.7 Å². The lowest BCUT2D eigenvalue weighted by Crippen LogP contribution is -2.21. The maximum Gasteiger partial charge on any atom is 0.111 e. The zero-order valence-electron chi connectivity index (χ0n) is 9.07. The van der Waals surface area contributed by atoms with E-state index in [0.29, 0.717) is 12.4 Å². The number of allylic oxidation sites excluding steroid dienone is 1. The summed E-state index contributed by atoms with van der Waals surface area (Å²) in [6, 6.07) is 10.4. The van der Waals surface area contributed by atoms with Crippen LogP contribution in [0.15, 0.2) is 55.3 Å². The van der Waals surface area contributed by atoms with Gasteiger partial charge in [0.2, 0.25) is 0 Å². The molecule has 15 heavy (non-hydrogen) atoms. The predicted octanol–water partition coefficient (Wildman–Crippen LogP) is 2.66. The molecule has 2 nitrogen and oxygen atoms in total. The van der Waals surface area contributed by atoms with Gasteiger partial charge >= 0.3 is 0 Å². The van der Waals surface area contributed by atoms with E-state index in [1.807, 2.05) is 25.2 Å². The highest BCUT2D eigenvalue weighted by Gasteiger charge is 2.08. The number of likely N-dealkylation sites (N-methyl/N-ethyl adjacent to an activating group) is 1. The second-order valence-electron chi connectivity index (χ2n) is 3.23. The Kier molecular flexibility index (Phi) is 4.64. The zero-order valence-corrected chi connectivity index (χ0v) is 9.07. The van der Waals surface area contributed by atoms with Crippen LogP contribution in [0.5, 0.6) is 0 Å². The van der Waals surface area contributed by atoms with Gasteiger partial charge in [0.05, 0.1) is 6.04 Å². The Balaban J connectivity index is 2.57. The first-order valence-corrected chi connectivity index (χ1v) is 4.94. The van der Waals surface area contributed by atoms with Gasteiger partial charge in [0.15, 0.2) is 0 Å². The molecule has 1 atom stereocenters. The molecule has 0 aliphatic carbocycles. The second-order valence-corrected chi connectivity index (χ2v) is 3.23. The average Bonchev–Trinajstić information content (AvgIpc) is 2.31. The topological polar surface area (TPSA) is 21.3 Å². The molecule has 0 aliphatic heterocycles. The van der Waals surface area contributed by atoms with Crippen molar-refractivity contribution in [2.45, 2.75) is 6.04 Å². The molecule has 80 valence electrons. The highest BCUT2D eigenvalue weighted by Crippen LogP contribution is 2.13. The SMILES string of the molecule is C=CC(=C)OC[C@@H](NC)c1ccccc1. The number of hydrogen-bond donors (Lipinski definition) is 1. The van der Waals surface area contributed by atoms with Gasteiger partial charge in [-0.15, -0.1) is 0 Å². The van der Waals surface area contributed by atoms with Crippen molar-refractivity contribution in [1.29, 1.82) is 0 Å². The van der Waals surface area contributed by atoms with E-state index in [2.05, 4.69) is 30.6 Å². The quantitative estimate of drug-likeness (QED) is 0.567. The third-order valence-corrected chi connectivity index (χ3v) is 2.21. The van der Waals surface area contributed by atoms with Crippen LogP contribution in [0.25, 0.3) is 0 Å². The summed E-state index contributed by atoms with van der Waals surface area (Å²) in [5, 5.41) is 3.20. The third-order valence-electron chi connectivity index (χ3n) is 2.21. The fourth-order valence-electron chi connectivity index (χ4n) is 1.28. The summed E-state index contributed by atoms with van der Waals surface area (Å²) in [6.45, 7) is 7.86. The van der Waals surface area contributed by atoms with Crippen molar-refractivity contribution in [1.82, 2.24) is 5.32 Å². The molecule has 0 unspecified atom stereocenters. The minimum atomic E-state index is 0.183. The fourth-order valence-corrected chi connectivity index (χ4v) is 1.28. The first kappa shape index (κ1) is 11.5. The van der Waals surface area contributed by atoms with E-state index in [0.717, 1.165) is 0 Å². The van der Waals surface area contributed by atoms with Crippen LogP contribution < -0.4 is 5.32 Å². The average molecular weight is 203 g/mol. The summed E-state index contributed by atoms with van der Waals surface area (Å²) in [5.74, 6) is 0.603. The number of ether oxygens (including phenoxy) is 1. The minimum Gasteiger partial charge on any atom is -0.492 e. The molecule has 1 aromatic rings. The molecule has 0 aromatic heterocycles. The molecular formula is C13H17NO. The lowest BCUT2D eigenvalue weighted by atomic mass is 10.1. The zero-order chi connectivity index (χ0) is 11.1. The van der Waals surface area contributed by atoms with E-state index in [9.17, 15) is 0 Å². The Bertz CT molecular complexity index is 319. The molecule has 0 radical (unpaired) electrons. The molecule has 0 aliphatic rings. The summed E-state index contributed by atoms with van der Waals surface area (Å²) in [4.78, 5) is 0. The molecule has 0 saturated carbocycles. The monoisotopic (exact) mass is 203 g/mol. The highest BCUT2D eigenvalue weighted by molar-refractivity contribution is 5.19. The van der Waals surface area contributed by atoms with Gasteiger partial charge in [0, 0.05) is 0 Å². The van der Waals surface area contributed by atoms with Crippen molar-refractivity contribution in [2.75, 3.05) is 13.7 Å². The van der Waals surface area contributed by atoms with Gasteiger partial charge in [-0.05, 0) is 18.7 Å². The molecule has 1 N–H and O–H groups in total. The van der Waals surface area contributed by atoms with Gasteiger partial charge in [-0.1, -0.05) is 43.5 Å². The van der Waals surface area contributed by atoms with Gasteiger partial charge < -0.3 is 10.1 Å². The van der Waals surface area contributed by atoms with Crippen LogP contribution >= 0.6 is 0 Å². The molecular weight excluding hydrogens is 186 g/mol. The Labute approximate surface area is 91.3 Å². The summed E-state index contributed by atoms with van der Waals surface area (Å²) in [5.41, 5.74) is 1.21. The lowest BCUT2D eigenvalue weighted by molar-refractivity contribution is 0.194. The predicted molar refractivity (Wildman–Crippen MR) is 63.5 cm³/mol. The van der Waals surface area contributed by atoms with Gasteiger partial charge in [0.25, 0.3) is 0 Å². The van der Waals surface area contributed by atoms with E-state index >= 15 is 0 Å². The molecule has 0 bridgehead atoms. The molecule has 1 rings (SSSR count). The Morgan fingerprint density at radius 2 is 2.13 bits per heavy atom. The van der Waals surface area contributed by atoms with Crippen LogP contribution in [-0.2, 0) is 4.74 Å². The molecule has 1 aromatic carbocycles. The van der Waals surface area contributed by atoms with Gasteiger partial charge in [-0.2, -0.15) is 0 Å². The van der Waals surface area contributed by atoms with Crippen LogP contribution in [0.2, 0.25) is 0 Å². The van der Waals surface area contributed by atoms with Crippen molar-refractivity contribution >= 4 is 0 Å². The molecule has 0 amide bonds. The number of rotatable bonds is 6. The second kappa shape index (κ2) is 6.04. The van der Waals surface area contributed by atoms with Crippen LogP contribution in [0, 0.1) is 0 Å². The summed E-state index contributed by atoms with van der Waals surface area (Å²) >= 11 is 0. The van der Waals surface area contributed by atoms with Crippen molar-refractivity contribution < 1.29 is 4.74 Å². The van der Waals surface area contributed by atoms with Gasteiger partial charge in [0.1, 0.15) is 12.4 Å². The third kappa shape index (κ3) is 3.60. The van der Waals surface area contributed by atoms with Crippen molar-refractivity contribution in [3.05, 3.63) is 60.9 Å². The van der Waals surface area contributed by atoms with Crippen LogP contribution in [0.3, 0.4) is 0 Å². The maximum atomic E-state index is 5.42. The molecule has 0 fully saturated rings. The smallest absolute Gasteiger partial charge is 0.111 e. The summed E-state index contributed by atoms with van der Waals surface area (Å²) in [7, 11) is 1.91.